The van der Waals surface area contributed by atoms with Gasteiger partial charge in [-0.15, -0.1) is 0 Å². The lowest BCUT2D eigenvalue weighted by Gasteiger charge is -2.12. The number of hydrogen-bond acceptors (Lipinski definition) is 4. The summed E-state index contributed by atoms with van der Waals surface area (Å²) >= 11 is 12.1. The molecule has 0 aromatic heterocycles. The van der Waals surface area contributed by atoms with Crippen LogP contribution in [-0.4, -0.2) is 25.5 Å². The molecule has 7 heteroatoms. The van der Waals surface area contributed by atoms with E-state index in [1.54, 1.807) is 0 Å². The predicted octanol–water partition coefficient (Wildman–Crippen LogP) is 4.53. The second-order valence-electron chi connectivity index (χ2n) is 5.32. The smallest absolute Gasteiger partial charge is 0.337 e. The molecule has 0 aliphatic heterocycles. The fourth-order valence-corrected chi connectivity index (χ4v) is 2.53. The molecular weight excluding hydrogens is 363 g/mol. The van der Waals surface area contributed by atoms with Gasteiger partial charge in [-0.1, -0.05) is 29.3 Å². The van der Waals surface area contributed by atoms with Crippen molar-refractivity contribution in [1.82, 2.24) is 0 Å². The molecule has 2 N–H and O–H groups in total. The molecule has 1 amide bonds. The number of hydrogen-bond donors (Lipinski definition) is 2. The quantitative estimate of drug-likeness (QED) is 0.722. The first-order valence-electron chi connectivity index (χ1n) is 7.59. The van der Waals surface area contributed by atoms with Crippen molar-refractivity contribution in [2.24, 2.45) is 0 Å². The van der Waals surface area contributed by atoms with Crippen molar-refractivity contribution in [3.63, 3.8) is 0 Å². The van der Waals surface area contributed by atoms with Gasteiger partial charge >= 0.3 is 5.97 Å². The van der Waals surface area contributed by atoms with Gasteiger partial charge < -0.3 is 15.4 Å². The zero-order valence-electron chi connectivity index (χ0n) is 13.9. The van der Waals surface area contributed by atoms with E-state index in [2.05, 4.69) is 15.4 Å². The molecule has 132 valence electrons. The fourth-order valence-electron chi connectivity index (χ4n) is 2.19. The second-order valence-corrected chi connectivity index (χ2v) is 6.14. The van der Waals surface area contributed by atoms with E-state index in [-0.39, 0.29) is 12.3 Å². The number of carbonyl (C=O) groups is 2. The van der Waals surface area contributed by atoms with E-state index < -0.39 is 5.97 Å². The largest absolute Gasteiger partial charge is 0.465 e. The third-order valence-electron chi connectivity index (χ3n) is 3.60. The van der Waals surface area contributed by atoms with Crippen LogP contribution in [0.25, 0.3) is 0 Å². The van der Waals surface area contributed by atoms with Gasteiger partial charge in [0.05, 0.1) is 23.4 Å². The Kier molecular flexibility index (Phi) is 6.67. The zero-order chi connectivity index (χ0) is 18.4. The summed E-state index contributed by atoms with van der Waals surface area (Å²) in [6, 6.07) is 10.1. The summed E-state index contributed by atoms with van der Waals surface area (Å²) in [5.41, 5.74) is 2.49. The number of methoxy groups -OCH3 is 1. The molecule has 2 rings (SSSR count). The van der Waals surface area contributed by atoms with Crippen molar-refractivity contribution >= 4 is 46.5 Å². The summed E-state index contributed by atoms with van der Waals surface area (Å²) in [4.78, 5) is 23.7. The number of anilines is 2. The molecule has 0 saturated carbocycles. The Balaban J connectivity index is 1.94. The summed E-state index contributed by atoms with van der Waals surface area (Å²) in [5, 5.41) is 6.88. The number of nitrogens with one attached hydrogen (secondary N) is 2. The van der Waals surface area contributed by atoms with Crippen molar-refractivity contribution in [2.75, 3.05) is 24.3 Å². The van der Waals surface area contributed by atoms with Crippen LogP contribution in [0.3, 0.4) is 0 Å². The van der Waals surface area contributed by atoms with Gasteiger partial charge in [0.15, 0.2) is 0 Å². The van der Waals surface area contributed by atoms with Gasteiger partial charge in [0, 0.05) is 23.7 Å². The molecule has 25 heavy (non-hydrogen) atoms. The highest BCUT2D eigenvalue weighted by atomic mass is 35.5. The van der Waals surface area contributed by atoms with Crippen LogP contribution in [0.2, 0.25) is 10.0 Å². The van der Waals surface area contributed by atoms with Gasteiger partial charge in [0.1, 0.15) is 0 Å². The van der Waals surface area contributed by atoms with Crippen molar-refractivity contribution in [1.29, 1.82) is 0 Å². The average molecular weight is 381 g/mol. The zero-order valence-corrected chi connectivity index (χ0v) is 15.4. The first-order chi connectivity index (χ1) is 11.9. The van der Waals surface area contributed by atoms with Crippen LogP contribution >= 0.6 is 23.2 Å². The third kappa shape index (κ3) is 5.11. The van der Waals surface area contributed by atoms with Crippen LogP contribution in [0.5, 0.6) is 0 Å². The number of esters is 1. The van der Waals surface area contributed by atoms with Crippen molar-refractivity contribution in [2.45, 2.75) is 13.3 Å². The highest BCUT2D eigenvalue weighted by Crippen LogP contribution is 2.24. The molecule has 2 aromatic rings. The number of rotatable bonds is 6. The maximum absolute atomic E-state index is 12.1. The van der Waals surface area contributed by atoms with Crippen LogP contribution in [0.15, 0.2) is 36.4 Å². The molecule has 0 heterocycles. The SMILES string of the molecule is COC(=O)c1ccc(Cl)c(NC(=O)CCNc2cccc(Cl)c2C)c1. The second kappa shape index (κ2) is 8.74. The lowest BCUT2D eigenvalue weighted by atomic mass is 10.2. The van der Waals surface area contributed by atoms with Crippen molar-refractivity contribution in [3.05, 3.63) is 57.6 Å². The molecule has 0 fully saturated rings. The highest BCUT2D eigenvalue weighted by Gasteiger charge is 2.11. The summed E-state index contributed by atoms with van der Waals surface area (Å²) in [6.45, 7) is 2.34. The Morgan fingerprint density at radius 1 is 1.08 bits per heavy atom. The lowest BCUT2D eigenvalue weighted by Crippen LogP contribution is -2.17. The van der Waals surface area contributed by atoms with Gasteiger partial charge in [-0.05, 0) is 42.8 Å². The molecule has 5 nitrogen and oxygen atoms in total. The molecule has 0 aliphatic rings. The monoisotopic (exact) mass is 380 g/mol. The van der Waals surface area contributed by atoms with E-state index in [0.29, 0.717) is 27.8 Å². The van der Waals surface area contributed by atoms with E-state index in [9.17, 15) is 9.59 Å². The maximum atomic E-state index is 12.1. The first kappa shape index (κ1) is 19.1. The number of halogens is 2. The Morgan fingerprint density at radius 3 is 2.56 bits per heavy atom. The lowest BCUT2D eigenvalue weighted by molar-refractivity contribution is -0.115. The van der Waals surface area contributed by atoms with Gasteiger partial charge in [0.2, 0.25) is 5.91 Å². The van der Waals surface area contributed by atoms with Crippen LogP contribution in [0.4, 0.5) is 11.4 Å². The standard InChI is InChI=1S/C18H18Cl2N2O3/c1-11-13(19)4-3-5-15(11)21-9-8-17(23)22-16-10-12(18(24)25-2)6-7-14(16)20/h3-7,10,21H,8-9H2,1-2H3,(H,22,23). The minimum atomic E-state index is -0.495. The normalized spacial score (nSPS) is 10.2. The molecule has 2 aromatic carbocycles. The van der Waals surface area contributed by atoms with E-state index >= 15 is 0 Å². The number of carbonyl (C=O) groups excluding carboxylic acids is 2. The summed E-state index contributed by atoms with van der Waals surface area (Å²) in [6.07, 6.45) is 0.227. The van der Waals surface area contributed by atoms with Crippen LogP contribution < -0.4 is 10.6 Å². The van der Waals surface area contributed by atoms with Crippen LogP contribution in [0, 0.1) is 6.92 Å². The molecule has 0 bridgehead atoms. The molecule has 0 spiro atoms. The Morgan fingerprint density at radius 2 is 1.84 bits per heavy atom. The molecular formula is C18H18Cl2N2O3. The predicted molar refractivity (Wildman–Crippen MR) is 101 cm³/mol. The van der Waals surface area contributed by atoms with Gasteiger partial charge in [-0.25, -0.2) is 4.79 Å². The fraction of sp³-hybridized carbons (Fsp3) is 0.222. The van der Waals surface area contributed by atoms with Crippen molar-refractivity contribution < 1.29 is 14.3 Å². The molecule has 0 unspecified atom stereocenters. The molecule has 0 atom stereocenters. The van der Waals surface area contributed by atoms with E-state index in [1.165, 1.54) is 25.3 Å². The minimum absolute atomic E-state index is 0.226. The van der Waals surface area contributed by atoms with Gasteiger partial charge in [-0.3, -0.25) is 4.79 Å². The van der Waals surface area contributed by atoms with Crippen LogP contribution in [-0.2, 0) is 9.53 Å². The Hall–Kier alpha value is -2.24. The van der Waals surface area contributed by atoms with E-state index in [1.807, 2.05) is 25.1 Å². The number of ether oxygens (including phenoxy) is 1. The van der Waals surface area contributed by atoms with Crippen LogP contribution in [0.1, 0.15) is 22.3 Å². The van der Waals surface area contributed by atoms with Gasteiger partial charge in [-0.2, -0.15) is 0 Å². The van der Waals surface area contributed by atoms with Crippen molar-refractivity contribution in [3.8, 4) is 0 Å². The van der Waals surface area contributed by atoms with Gasteiger partial charge in [0.25, 0.3) is 0 Å². The summed E-state index contributed by atoms with van der Waals surface area (Å²) in [5.74, 6) is -0.721. The molecule has 0 saturated heterocycles. The highest BCUT2D eigenvalue weighted by molar-refractivity contribution is 6.34. The Labute approximate surface area is 156 Å². The molecule has 0 aliphatic carbocycles. The number of amides is 1. The number of benzene rings is 2. The van der Waals surface area contributed by atoms with E-state index in [4.69, 9.17) is 23.2 Å². The summed E-state index contributed by atoms with van der Waals surface area (Å²) < 4.78 is 4.66. The minimum Gasteiger partial charge on any atom is -0.465 e. The average Bonchev–Trinajstić information content (AvgIpc) is 2.60. The Bertz CT molecular complexity index is 794. The topological polar surface area (TPSA) is 67.4 Å². The maximum Gasteiger partial charge on any atom is 0.337 e. The summed E-state index contributed by atoms with van der Waals surface area (Å²) in [7, 11) is 1.29. The molecule has 0 radical (unpaired) electrons. The third-order valence-corrected chi connectivity index (χ3v) is 4.34. The first-order valence-corrected chi connectivity index (χ1v) is 8.34. The van der Waals surface area contributed by atoms with E-state index in [0.717, 1.165) is 11.3 Å².